The Balaban J connectivity index is 1.63. The zero-order valence-corrected chi connectivity index (χ0v) is 17.8. The highest BCUT2D eigenvalue weighted by Gasteiger charge is 2.35. The van der Waals surface area contributed by atoms with Gasteiger partial charge in [-0.3, -0.25) is 19.4 Å². The molecule has 0 saturated carbocycles. The Morgan fingerprint density at radius 3 is 2.69 bits per heavy atom. The lowest BCUT2D eigenvalue weighted by molar-refractivity contribution is -0.123. The monoisotopic (exact) mass is 453 g/mol. The molecule has 0 fully saturated rings. The molecule has 10 heteroatoms. The third-order valence-electron chi connectivity index (χ3n) is 4.82. The van der Waals surface area contributed by atoms with Gasteiger partial charge >= 0.3 is 0 Å². The summed E-state index contributed by atoms with van der Waals surface area (Å²) >= 11 is 5.89. The van der Waals surface area contributed by atoms with Gasteiger partial charge in [0.25, 0.3) is 5.56 Å². The smallest absolute Gasteiger partial charge is 0.258 e. The van der Waals surface area contributed by atoms with E-state index in [1.165, 1.54) is 0 Å². The third kappa shape index (κ3) is 4.57. The topological polar surface area (TPSA) is 125 Å². The number of para-hydroxylation sites is 2. The van der Waals surface area contributed by atoms with Crippen LogP contribution in [0.3, 0.4) is 0 Å². The summed E-state index contributed by atoms with van der Waals surface area (Å²) in [5.74, 6) is -1.25. The Hall–Kier alpha value is -3.85. The van der Waals surface area contributed by atoms with Crippen LogP contribution in [0.1, 0.15) is 24.8 Å². The van der Waals surface area contributed by atoms with Crippen LogP contribution in [0.4, 0.5) is 23.1 Å². The van der Waals surface area contributed by atoms with Crippen LogP contribution < -0.4 is 26.2 Å². The van der Waals surface area contributed by atoms with Gasteiger partial charge in [-0.05, 0) is 43.3 Å². The van der Waals surface area contributed by atoms with Gasteiger partial charge in [0.1, 0.15) is 11.6 Å². The number of H-pyrrole nitrogens is 1. The summed E-state index contributed by atoms with van der Waals surface area (Å²) in [7, 11) is 0. The van der Waals surface area contributed by atoms with E-state index < -0.39 is 23.3 Å². The minimum absolute atomic E-state index is 0.0414. The molecular formula is C22H20ClN5O4. The number of fused-ring (bicyclic) bond motifs is 1. The first-order valence-electron chi connectivity index (χ1n) is 9.94. The van der Waals surface area contributed by atoms with Crippen molar-refractivity contribution in [2.75, 3.05) is 22.6 Å². The zero-order chi connectivity index (χ0) is 22.7. The van der Waals surface area contributed by atoms with Crippen LogP contribution in [0.15, 0.2) is 53.3 Å². The van der Waals surface area contributed by atoms with Crippen LogP contribution >= 0.6 is 11.6 Å². The number of carbonyl (C=O) groups is 2. The van der Waals surface area contributed by atoms with Crippen molar-refractivity contribution in [3.8, 4) is 5.75 Å². The van der Waals surface area contributed by atoms with Crippen molar-refractivity contribution in [1.82, 2.24) is 9.97 Å². The van der Waals surface area contributed by atoms with Crippen molar-refractivity contribution in [1.29, 1.82) is 0 Å². The molecule has 1 aliphatic heterocycles. The van der Waals surface area contributed by atoms with Gasteiger partial charge in [-0.2, -0.15) is 4.98 Å². The number of rotatable bonds is 6. The molecule has 0 aliphatic carbocycles. The van der Waals surface area contributed by atoms with Crippen molar-refractivity contribution in [2.45, 2.75) is 19.3 Å². The average molecular weight is 454 g/mol. The van der Waals surface area contributed by atoms with E-state index in [4.69, 9.17) is 16.3 Å². The van der Waals surface area contributed by atoms with Crippen LogP contribution in [0.5, 0.6) is 5.75 Å². The lowest BCUT2D eigenvalue weighted by Gasteiger charge is -2.24. The largest absolute Gasteiger partial charge is 0.492 e. The fourth-order valence-electron chi connectivity index (χ4n) is 3.40. The average Bonchev–Trinajstić information content (AvgIpc) is 2.76. The maximum absolute atomic E-state index is 13.0. The fraction of sp³-hybridized carbons (Fsp3) is 0.182. The van der Waals surface area contributed by atoms with Crippen molar-refractivity contribution in [3.05, 3.63) is 69.5 Å². The van der Waals surface area contributed by atoms with Gasteiger partial charge in [-0.15, -0.1) is 0 Å². The standard InChI is InChI=1S/C22H20ClN5O4/c1-2-32-16-6-4-3-5-15(16)25-20(30)14-11-17(29)26-19-18(14)21(31)28-22(27-19)24-13-9-7-12(23)8-10-13/h3-10,14H,2,11H2,1H3,(H,25,30)(H3,24,26,27,28,29,31)/t14-/m1/s1. The number of nitrogens with zero attached hydrogens (tertiary/aromatic N) is 1. The maximum atomic E-state index is 13.0. The van der Waals surface area contributed by atoms with Crippen molar-refractivity contribution < 1.29 is 14.3 Å². The molecule has 9 nitrogen and oxygen atoms in total. The minimum Gasteiger partial charge on any atom is -0.492 e. The molecule has 2 amide bonds. The summed E-state index contributed by atoms with van der Waals surface area (Å²) in [4.78, 5) is 45.1. The van der Waals surface area contributed by atoms with E-state index in [0.717, 1.165) is 0 Å². The highest BCUT2D eigenvalue weighted by atomic mass is 35.5. The molecule has 0 bridgehead atoms. The van der Waals surface area contributed by atoms with Gasteiger partial charge in [0.15, 0.2) is 0 Å². The number of aromatic nitrogens is 2. The predicted molar refractivity (Wildman–Crippen MR) is 122 cm³/mol. The van der Waals surface area contributed by atoms with Gasteiger partial charge in [0.2, 0.25) is 17.8 Å². The Morgan fingerprint density at radius 1 is 1.19 bits per heavy atom. The van der Waals surface area contributed by atoms with E-state index in [9.17, 15) is 14.4 Å². The van der Waals surface area contributed by atoms with Gasteiger partial charge in [-0.25, -0.2) is 0 Å². The number of hydrogen-bond acceptors (Lipinski definition) is 6. The maximum Gasteiger partial charge on any atom is 0.258 e. The summed E-state index contributed by atoms with van der Waals surface area (Å²) in [6, 6.07) is 13.7. The van der Waals surface area contributed by atoms with Gasteiger partial charge in [-0.1, -0.05) is 23.7 Å². The molecule has 1 atom stereocenters. The van der Waals surface area contributed by atoms with E-state index in [2.05, 4.69) is 25.9 Å². The molecule has 4 N–H and O–H groups in total. The minimum atomic E-state index is -1.01. The second kappa shape index (κ2) is 9.11. The second-order valence-electron chi connectivity index (χ2n) is 7.03. The van der Waals surface area contributed by atoms with Gasteiger partial charge in [0.05, 0.1) is 23.8 Å². The molecule has 1 aromatic heterocycles. The molecular weight excluding hydrogens is 434 g/mol. The van der Waals surface area contributed by atoms with E-state index >= 15 is 0 Å². The number of aromatic amines is 1. The number of anilines is 4. The van der Waals surface area contributed by atoms with Crippen LogP contribution in [0.25, 0.3) is 0 Å². The number of benzene rings is 2. The van der Waals surface area contributed by atoms with Crippen molar-refractivity contribution in [3.63, 3.8) is 0 Å². The van der Waals surface area contributed by atoms with Crippen LogP contribution in [0.2, 0.25) is 5.02 Å². The molecule has 4 rings (SSSR count). The number of nitrogens with one attached hydrogen (secondary N) is 4. The van der Waals surface area contributed by atoms with Gasteiger partial charge in [0, 0.05) is 17.1 Å². The molecule has 2 aromatic carbocycles. The molecule has 0 radical (unpaired) electrons. The number of ether oxygens (including phenoxy) is 1. The van der Waals surface area contributed by atoms with Crippen LogP contribution in [-0.4, -0.2) is 28.4 Å². The zero-order valence-electron chi connectivity index (χ0n) is 17.1. The first-order chi connectivity index (χ1) is 15.4. The molecule has 3 aromatic rings. The summed E-state index contributed by atoms with van der Waals surface area (Å²) in [5, 5.41) is 8.85. The number of halogens is 1. The molecule has 0 unspecified atom stereocenters. The summed E-state index contributed by atoms with van der Waals surface area (Å²) in [6.45, 7) is 2.26. The highest BCUT2D eigenvalue weighted by molar-refractivity contribution is 6.30. The molecule has 2 heterocycles. The first-order valence-corrected chi connectivity index (χ1v) is 10.3. The van der Waals surface area contributed by atoms with E-state index in [1.54, 1.807) is 48.5 Å². The second-order valence-corrected chi connectivity index (χ2v) is 7.47. The lowest BCUT2D eigenvalue weighted by Crippen LogP contribution is -2.36. The molecule has 164 valence electrons. The Labute approximate surface area is 188 Å². The van der Waals surface area contributed by atoms with E-state index in [-0.39, 0.29) is 23.8 Å². The van der Waals surface area contributed by atoms with E-state index in [0.29, 0.717) is 28.8 Å². The summed E-state index contributed by atoms with van der Waals surface area (Å²) in [5.41, 5.74) is 0.668. The summed E-state index contributed by atoms with van der Waals surface area (Å²) < 4.78 is 5.53. The van der Waals surface area contributed by atoms with Gasteiger partial charge < -0.3 is 20.7 Å². The SMILES string of the molecule is CCOc1ccccc1NC(=O)[C@@H]1CC(=O)Nc2nc(Nc3ccc(Cl)cc3)[nH]c(=O)c21. The lowest BCUT2D eigenvalue weighted by atomic mass is 9.92. The highest BCUT2D eigenvalue weighted by Crippen LogP contribution is 2.32. The molecule has 32 heavy (non-hydrogen) atoms. The Bertz CT molecular complexity index is 1230. The molecule has 1 aliphatic rings. The number of amides is 2. The Morgan fingerprint density at radius 2 is 1.94 bits per heavy atom. The van der Waals surface area contributed by atoms with Crippen molar-refractivity contribution in [2.24, 2.45) is 0 Å². The quantitative estimate of drug-likeness (QED) is 0.451. The van der Waals surface area contributed by atoms with Crippen molar-refractivity contribution >= 4 is 46.6 Å². The predicted octanol–water partition coefficient (Wildman–Crippen LogP) is 3.63. The Kier molecular flexibility index (Phi) is 6.09. The van der Waals surface area contributed by atoms with Crippen LogP contribution in [-0.2, 0) is 9.59 Å². The fourth-order valence-corrected chi connectivity index (χ4v) is 3.52. The molecule has 0 saturated heterocycles. The third-order valence-corrected chi connectivity index (χ3v) is 5.07. The molecule has 0 spiro atoms. The number of hydrogen-bond donors (Lipinski definition) is 4. The first kappa shape index (κ1) is 21.4. The van der Waals surface area contributed by atoms with Crippen LogP contribution in [0, 0.1) is 0 Å². The normalized spacial score (nSPS) is 14.8. The van der Waals surface area contributed by atoms with E-state index in [1.807, 2.05) is 6.92 Å². The summed E-state index contributed by atoms with van der Waals surface area (Å²) in [6.07, 6.45) is -0.176. The number of carbonyl (C=O) groups excluding carboxylic acids is 2.